The number of amides is 1. The molecule has 1 N–H and O–H groups in total. The van der Waals surface area contributed by atoms with Crippen LogP contribution in [0.4, 0.5) is 0 Å². The first kappa shape index (κ1) is 12.1. The maximum atomic E-state index is 12.5. The van der Waals surface area contributed by atoms with Gasteiger partial charge in [0.2, 0.25) is 0 Å². The summed E-state index contributed by atoms with van der Waals surface area (Å²) in [4.78, 5) is 14.4. The van der Waals surface area contributed by atoms with Crippen LogP contribution >= 0.6 is 0 Å². The zero-order valence-corrected chi connectivity index (χ0v) is 10.8. The molecule has 0 spiro atoms. The lowest BCUT2D eigenvalue weighted by Gasteiger charge is -2.38. The Kier molecular flexibility index (Phi) is 3.19. The molecular formula is C12H19N3O2. The molecule has 1 saturated heterocycles. The van der Waals surface area contributed by atoms with Crippen LogP contribution in [0.2, 0.25) is 0 Å². The van der Waals surface area contributed by atoms with Crippen molar-refractivity contribution < 1.29 is 9.32 Å². The highest BCUT2D eigenvalue weighted by Gasteiger charge is 2.31. The summed E-state index contributed by atoms with van der Waals surface area (Å²) < 4.78 is 5.06. The third kappa shape index (κ3) is 2.07. The monoisotopic (exact) mass is 237 g/mol. The molecule has 94 valence electrons. The van der Waals surface area contributed by atoms with Crippen molar-refractivity contribution in [1.29, 1.82) is 0 Å². The Labute approximate surface area is 101 Å². The van der Waals surface area contributed by atoms with E-state index in [1.165, 1.54) is 0 Å². The van der Waals surface area contributed by atoms with E-state index in [4.69, 9.17) is 4.52 Å². The number of carbonyl (C=O) groups excluding carboxylic acids is 1. The van der Waals surface area contributed by atoms with Crippen molar-refractivity contribution in [2.75, 3.05) is 13.1 Å². The summed E-state index contributed by atoms with van der Waals surface area (Å²) in [7, 11) is 0. The van der Waals surface area contributed by atoms with Crippen molar-refractivity contribution in [3.63, 3.8) is 0 Å². The fourth-order valence-corrected chi connectivity index (χ4v) is 2.28. The number of nitrogens with zero attached hydrogens (tertiary/aromatic N) is 2. The van der Waals surface area contributed by atoms with Crippen LogP contribution < -0.4 is 5.32 Å². The highest BCUT2D eigenvalue weighted by molar-refractivity contribution is 5.96. The molecule has 0 saturated carbocycles. The van der Waals surface area contributed by atoms with Gasteiger partial charge in [0.25, 0.3) is 5.91 Å². The quantitative estimate of drug-likeness (QED) is 0.795. The van der Waals surface area contributed by atoms with Gasteiger partial charge in [0, 0.05) is 25.2 Å². The van der Waals surface area contributed by atoms with Gasteiger partial charge < -0.3 is 14.7 Å². The second kappa shape index (κ2) is 4.49. The molecule has 5 heteroatoms. The van der Waals surface area contributed by atoms with Crippen LogP contribution in [0.1, 0.15) is 35.7 Å². The van der Waals surface area contributed by atoms with E-state index in [-0.39, 0.29) is 11.9 Å². The highest BCUT2D eigenvalue weighted by Crippen LogP contribution is 2.18. The molecule has 1 fully saturated rings. The molecule has 0 aromatic carbocycles. The summed E-state index contributed by atoms with van der Waals surface area (Å²) in [6.45, 7) is 9.31. The smallest absolute Gasteiger partial charge is 0.259 e. The first-order chi connectivity index (χ1) is 8.02. The van der Waals surface area contributed by atoms with Gasteiger partial charge in [-0.05, 0) is 27.7 Å². The number of hydrogen-bond acceptors (Lipinski definition) is 4. The Morgan fingerprint density at radius 2 is 2.18 bits per heavy atom. The summed E-state index contributed by atoms with van der Waals surface area (Å²) in [6, 6.07) is 0.498. The molecular weight excluding hydrogens is 218 g/mol. The van der Waals surface area contributed by atoms with Crippen LogP contribution in [0.5, 0.6) is 0 Å². The largest absolute Gasteiger partial charge is 0.361 e. The molecule has 0 bridgehead atoms. The van der Waals surface area contributed by atoms with Gasteiger partial charge in [-0.2, -0.15) is 0 Å². The van der Waals surface area contributed by atoms with Crippen molar-refractivity contribution in [3.8, 4) is 0 Å². The average Bonchev–Trinajstić information content (AvgIpc) is 2.62. The molecule has 1 aromatic heterocycles. The predicted octanol–water partition coefficient (Wildman–Crippen LogP) is 1.11. The molecule has 2 atom stereocenters. The van der Waals surface area contributed by atoms with Crippen LogP contribution in [0.3, 0.4) is 0 Å². The van der Waals surface area contributed by atoms with Crippen molar-refractivity contribution in [2.24, 2.45) is 0 Å². The molecule has 0 aliphatic carbocycles. The van der Waals surface area contributed by atoms with Crippen LogP contribution in [-0.4, -0.2) is 41.1 Å². The fraction of sp³-hybridized carbons (Fsp3) is 0.667. The van der Waals surface area contributed by atoms with Gasteiger partial charge >= 0.3 is 0 Å². The summed E-state index contributed by atoms with van der Waals surface area (Å²) in [5.41, 5.74) is 1.29. The molecule has 2 rings (SSSR count). The van der Waals surface area contributed by atoms with Crippen molar-refractivity contribution in [2.45, 2.75) is 39.8 Å². The fourth-order valence-electron chi connectivity index (χ4n) is 2.28. The molecule has 2 heterocycles. The summed E-state index contributed by atoms with van der Waals surface area (Å²) in [5, 5.41) is 7.20. The lowest BCUT2D eigenvalue weighted by molar-refractivity contribution is 0.0600. The van der Waals surface area contributed by atoms with Gasteiger partial charge in [0.1, 0.15) is 11.3 Å². The van der Waals surface area contributed by atoms with E-state index in [2.05, 4.69) is 24.3 Å². The Hall–Kier alpha value is -1.36. The predicted molar refractivity (Wildman–Crippen MR) is 63.9 cm³/mol. The minimum Gasteiger partial charge on any atom is -0.361 e. The maximum Gasteiger partial charge on any atom is 0.259 e. The average molecular weight is 237 g/mol. The number of piperazine rings is 1. The second-order valence-electron chi connectivity index (χ2n) is 4.68. The lowest BCUT2D eigenvalue weighted by atomic mass is 10.0. The van der Waals surface area contributed by atoms with E-state index in [9.17, 15) is 4.79 Å². The number of nitrogens with one attached hydrogen (secondary N) is 1. The number of rotatable bonds is 1. The zero-order valence-electron chi connectivity index (χ0n) is 10.8. The van der Waals surface area contributed by atoms with E-state index in [1.54, 1.807) is 13.8 Å². The highest BCUT2D eigenvalue weighted by atomic mass is 16.5. The van der Waals surface area contributed by atoms with Crippen LogP contribution in [0, 0.1) is 13.8 Å². The molecule has 17 heavy (non-hydrogen) atoms. The normalized spacial score (nSPS) is 25.1. The lowest BCUT2D eigenvalue weighted by Crippen LogP contribution is -2.57. The number of carbonyl (C=O) groups is 1. The summed E-state index contributed by atoms with van der Waals surface area (Å²) in [5.74, 6) is 0.632. The van der Waals surface area contributed by atoms with E-state index < -0.39 is 0 Å². The maximum absolute atomic E-state index is 12.5. The Morgan fingerprint density at radius 3 is 2.76 bits per heavy atom. The Morgan fingerprint density at radius 1 is 1.47 bits per heavy atom. The molecule has 1 amide bonds. The molecule has 0 radical (unpaired) electrons. The summed E-state index contributed by atoms with van der Waals surface area (Å²) in [6.07, 6.45) is 0. The van der Waals surface area contributed by atoms with Gasteiger partial charge in [-0.3, -0.25) is 4.79 Å². The number of hydrogen-bond donors (Lipinski definition) is 1. The number of aromatic nitrogens is 1. The van der Waals surface area contributed by atoms with E-state index in [0.717, 1.165) is 13.1 Å². The topological polar surface area (TPSA) is 58.4 Å². The van der Waals surface area contributed by atoms with Crippen molar-refractivity contribution in [1.82, 2.24) is 15.4 Å². The van der Waals surface area contributed by atoms with Gasteiger partial charge in [0.05, 0.1) is 5.69 Å². The third-order valence-electron chi connectivity index (χ3n) is 3.54. The molecule has 1 aliphatic rings. The van der Waals surface area contributed by atoms with Crippen LogP contribution in [0.25, 0.3) is 0 Å². The third-order valence-corrected chi connectivity index (χ3v) is 3.54. The molecule has 2 unspecified atom stereocenters. The standard InChI is InChI=1S/C12H19N3O2/c1-7-9(3)15(6-5-13-7)12(16)11-8(2)14-17-10(11)4/h7,9,13H,5-6H2,1-4H3. The minimum absolute atomic E-state index is 0.0297. The van der Waals surface area contributed by atoms with Crippen LogP contribution in [-0.2, 0) is 0 Å². The van der Waals surface area contributed by atoms with Crippen molar-refractivity contribution >= 4 is 5.91 Å². The van der Waals surface area contributed by atoms with E-state index >= 15 is 0 Å². The van der Waals surface area contributed by atoms with Gasteiger partial charge in [-0.25, -0.2) is 0 Å². The zero-order chi connectivity index (χ0) is 12.6. The Balaban J connectivity index is 2.25. The second-order valence-corrected chi connectivity index (χ2v) is 4.68. The van der Waals surface area contributed by atoms with Crippen LogP contribution in [0.15, 0.2) is 4.52 Å². The SMILES string of the molecule is Cc1noc(C)c1C(=O)N1CCNC(C)C1C. The van der Waals surface area contributed by atoms with Gasteiger partial charge in [-0.15, -0.1) is 0 Å². The Bertz CT molecular complexity index is 408. The van der Waals surface area contributed by atoms with Gasteiger partial charge in [0.15, 0.2) is 0 Å². The first-order valence-corrected chi connectivity index (χ1v) is 5.99. The molecule has 5 nitrogen and oxygen atoms in total. The summed E-state index contributed by atoms with van der Waals surface area (Å²) >= 11 is 0. The molecule has 1 aliphatic heterocycles. The molecule has 1 aromatic rings. The van der Waals surface area contributed by atoms with Crippen molar-refractivity contribution in [3.05, 3.63) is 17.0 Å². The van der Waals surface area contributed by atoms with E-state index in [1.807, 2.05) is 4.90 Å². The van der Waals surface area contributed by atoms with E-state index in [0.29, 0.717) is 23.1 Å². The first-order valence-electron chi connectivity index (χ1n) is 5.99. The minimum atomic E-state index is 0.0297. The number of aryl methyl sites for hydroxylation is 2. The van der Waals surface area contributed by atoms with Gasteiger partial charge in [-0.1, -0.05) is 5.16 Å².